The van der Waals surface area contributed by atoms with Crippen molar-refractivity contribution in [1.82, 2.24) is 14.5 Å². The number of rotatable bonds is 7. The Labute approximate surface area is 214 Å². The molecular formula is C30H30F2N4O. The molecule has 0 radical (unpaired) electrons. The van der Waals surface area contributed by atoms with E-state index >= 15 is 0 Å². The molecule has 0 aliphatic heterocycles. The molecule has 0 saturated heterocycles. The summed E-state index contributed by atoms with van der Waals surface area (Å²) in [5, 5.41) is 11.5. The van der Waals surface area contributed by atoms with E-state index in [1.54, 1.807) is 28.2 Å². The van der Waals surface area contributed by atoms with Crippen LogP contribution in [0.4, 0.5) is 8.78 Å². The minimum atomic E-state index is -0.309. The molecule has 1 heterocycles. The van der Waals surface area contributed by atoms with Crippen molar-refractivity contribution >= 4 is 5.91 Å². The van der Waals surface area contributed by atoms with Gasteiger partial charge in [0, 0.05) is 25.0 Å². The van der Waals surface area contributed by atoms with Crippen LogP contribution < -0.4 is 10.9 Å². The van der Waals surface area contributed by atoms with Gasteiger partial charge < -0.3 is 14.5 Å². The molecule has 0 spiro atoms. The van der Waals surface area contributed by atoms with Crippen LogP contribution in [0, 0.1) is 36.8 Å². The SMILES string of the molecule is Cc1cc(C(NC(=O)c2cc(Cn3ccn(C)c3=N)cc(-c3ccc(F)cc3C)c2)C2CC2)ccc1F. The van der Waals surface area contributed by atoms with Crippen LogP contribution in [0.3, 0.4) is 0 Å². The number of nitrogens with zero attached hydrogens (tertiary/aromatic N) is 2. The number of hydrogen-bond acceptors (Lipinski definition) is 2. The fourth-order valence-corrected chi connectivity index (χ4v) is 4.86. The second-order valence-corrected chi connectivity index (χ2v) is 10.0. The first-order valence-electron chi connectivity index (χ1n) is 12.4. The molecule has 190 valence electrons. The smallest absolute Gasteiger partial charge is 0.251 e. The van der Waals surface area contributed by atoms with Gasteiger partial charge in [0.25, 0.3) is 5.91 Å². The van der Waals surface area contributed by atoms with Gasteiger partial charge in [-0.2, -0.15) is 0 Å². The molecule has 5 rings (SSSR count). The van der Waals surface area contributed by atoms with E-state index in [0.29, 0.717) is 29.2 Å². The molecule has 1 aliphatic carbocycles. The zero-order valence-corrected chi connectivity index (χ0v) is 21.2. The summed E-state index contributed by atoms with van der Waals surface area (Å²) < 4.78 is 31.2. The summed E-state index contributed by atoms with van der Waals surface area (Å²) in [5.41, 5.74) is 5.57. The fourth-order valence-electron chi connectivity index (χ4n) is 4.86. The number of carbonyl (C=O) groups excluding carboxylic acids is 1. The number of nitrogens with one attached hydrogen (secondary N) is 2. The lowest BCUT2D eigenvalue weighted by molar-refractivity contribution is 0.0931. The lowest BCUT2D eigenvalue weighted by Crippen LogP contribution is -2.30. The Bertz CT molecular complexity index is 1550. The molecule has 1 fully saturated rings. The molecule has 1 unspecified atom stereocenters. The van der Waals surface area contributed by atoms with Gasteiger partial charge in [-0.15, -0.1) is 0 Å². The number of aryl methyl sites for hydroxylation is 3. The Morgan fingerprint density at radius 2 is 1.81 bits per heavy atom. The molecule has 1 atom stereocenters. The fraction of sp³-hybridized carbons (Fsp3) is 0.267. The minimum Gasteiger partial charge on any atom is -0.345 e. The van der Waals surface area contributed by atoms with Gasteiger partial charge in [0.15, 0.2) is 0 Å². The van der Waals surface area contributed by atoms with Crippen LogP contribution in [0.15, 0.2) is 67.0 Å². The average Bonchev–Trinajstić information content (AvgIpc) is 3.66. The number of halogens is 2. The van der Waals surface area contributed by atoms with Crippen molar-refractivity contribution in [3.8, 4) is 11.1 Å². The number of imidazole rings is 1. The normalized spacial score (nSPS) is 14.0. The summed E-state index contributed by atoms with van der Waals surface area (Å²) >= 11 is 0. The van der Waals surface area contributed by atoms with E-state index in [0.717, 1.165) is 40.7 Å². The van der Waals surface area contributed by atoms with Gasteiger partial charge in [-0.05, 0) is 102 Å². The molecule has 1 saturated carbocycles. The third-order valence-electron chi connectivity index (χ3n) is 7.10. The van der Waals surface area contributed by atoms with Crippen LogP contribution >= 0.6 is 0 Å². The van der Waals surface area contributed by atoms with Gasteiger partial charge >= 0.3 is 0 Å². The summed E-state index contributed by atoms with van der Waals surface area (Å²) in [6.07, 6.45) is 5.67. The van der Waals surface area contributed by atoms with Crippen LogP contribution in [-0.2, 0) is 13.6 Å². The highest BCUT2D eigenvalue weighted by molar-refractivity contribution is 5.96. The molecule has 4 aromatic rings. The molecule has 0 bridgehead atoms. The quantitative estimate of drug-likeness (QED) is 0.331. The van der Waals surface area contributed by atoms with Crippen molar-refractivity contribution in [2.24, 2.45) is 13.0 Å². The molecule has 3 aromatic carbocycles. The Balaban J connectivity index is 1.52. The lowest BCUT2D eigenvalue weighted by Gasteiger charge is -2.20. The van der Waals surface area contributed by atoms with Crippen molar-refractivity contribution in [3.05, 3.63) is 112 Å². The van der Waals surface area contributed by atoms with Crippen LogP contribution in [0.2, 0.25) is 0 Å². The summed E-state index contributed by atoms with van der Waals surface area (Å²) in [5.74, 6) is -0.466. The average molecular weight is 501 g/mol. The van der Waals surface area contributed by atoms with Crippen LogP contribution in [0.5, 0.6) is 0 Å². The second-order valence-electron chi connectivity index (χ2n) is 10.0. The third kappa shape index (κ3) is 5.26. The Morgan fingerprint density at radius 3 is 2.46 bits per heavy atom. The predicted octanol–water partition coefficient (Wildman–Crippen LogP) is 5.80. The molecule has 1 aromatic heterocycles. The Kier molecular flexibility index (Phi) is 6.54. The second kappa shape index (κ2) is 9.81. The lowest BCUT2D eigenvalue weighted by atomic mass is 9.95. The molecule has 1 aliphatic rings. The van der Waals surface area contributed by atoms with Gasteiger partial charge in [-0.25, -0.2) is 8.78 Å². The maximum absolute atomic E-state index is 13.9. The maximum Gasteiger partial charge on any atom is 0.251 e. The first kappa shape index (κ1) is 24.7. The van der Waals surface area contributed by atoms with E-state index in [1.165, 1.54) is 18.2 Å². The van der Waals surface area contributed by atoms with Crippen LogP contribution in [-0.4, -0.2) is 15.0 Å². The highest BCUT2D eigenvalue weighted by atomic mass is 19.1. The van der Waals surface area contributed by atoms with Gasteiger partial charge in [0.1, 0.15) is 11.6 Å². The van der Waals surface area contributed by atoms with Crippen molar-refractivity contribution in [3.63, 3.8) is 0 Å². The Morgan fingerprint density at radius 1 is 1.03 bits per heavy atom. The zero-order valence-electron chi connectivity index (χ0n) is 21.2. The van der Waals surface area contributed by atoms with Gasteiger partial charge in [0.05, 0.1) is 12.6 Å². The molecule has 1 amide bonds. The molecule has 7 heteroatoms. The van der Waals surface area contributed by atoms with E-state index in [-0.39, 0.29) is 23.6 Å². The van der Waals surface area contributed by atoms with Crippen molar-refractivity contribution < 1.29 is 13.6 Å². The number of aromatic nitrogens is 2. The van der Waals surface area contributed by atoms with E-state index in [9.17, 15) is 13.6 Å². The van der Waals surface area contributed by atoms with Crippen LogP contribution in [0.25, 0.3) is 11.1 Å². The van der Waals surface area contributed by atoms with Crippen LogP contribution in [0.1, 0.15) is 51.5 Å². The largest absolute Gasteiger partial charge is 0.345 e. The number of carbonyl (C=O) groups is 1. The third-order valence-corrected chi connectivity index (χ3v) is 7.10. The molecule has 5 nitrogen and oxygen atoms in total. The first-order valence-corrected chi connectivity index (χ1v) is 12.4. The highest BCUT2D eigenvalue weighted by Crippen LogP contribution is 2.41. The van der Waals surface area contributed by atoms with Crippen molar-refractivity contribution in [2.75, 3.05) is 0 Å². The monoisotopic (exact) mass is 500 g/mol. The molecular weight excluding hydrogens is 470 g/mol. The van der Waals surface area contributed by atoms with E-state index in [1.807, 2.05) is 50.6 Å². The first-order chi connectivity index (χ1) is 17.7. The summed E-state index contributed by atoms with van der Waals surface area (Å²) in [6.45, 7) is 3.99. The van der Waals surface area contributed by atoms with Gasteiger partial charge in [-0.3, -0.25) is 10.2 Å². The van der Waals surface area contributed by atoms with E-state index < -0.39 is 0 Å². The Hall–Kier alpha value is -4.00. The zero-order chi connectivity index (χ0) is 26.3. The van der Waals surface area contributed by atoms with Crippen molar-refractivity contribution in [2.45, 2.75) is 39.3 Å². The topological polar surface area (TPSA) is 62.8 Å². The standard InChI is InChI=1S/C30H30F2N4O/c1-18-13-25(31)7-8-26(18)23-14-20(17-36-11-10-35(3)30(36)33)15-24(16-23)29(37)34-28(21-4-5-21)22-6-9-27(32)19(2)12-22/h6-16,21,28,33H,4-5,17H2,1-3H3,(H,34,37). The van der Waals surface area contributed by atoms with Crippen molar-refractivity contribution in [1.29, 1.82) is 5.41 Å². The minimum absolute atomic E-state index is 0.199. The summed E-state index contributed by atoms with van der Waals surface area (Å²) in [4.78, 5) is 13.6. The molecule has 2 N–H and O–H groups in total. The van der Waals surface area contributed by atoms with Gasteiger partial charge in [0.2, 0.25) is 5.62 Å². The number of benzene rings is 3. The highest BCUT2D eigenvalue weighted by Gasteiger charge is 2.34. The molecule has 37 heavy (non-hydrogen) atoms. The maximum atomic E-state index is 13.9. The summed E-state index contributed by atoms with van der Waals surface area (Å²) in [6, 6.07) is 15.1. The summed E-state index contributed by atoms with van der Waals surface area (Å²) in [7, 11) is 1.81. The van der Waals surface area contributed by atoms with E-state index in [2.05, 4.69) is 5.32 Å². The number of amides is 1. The van der Waals surface area contributed by atoms with Gasteiger partial charge in [-0.1, -0.05) is 18.2 Å². The predicted molar refractivity (Wildman–Crippen MR) is 139 cm³/mol. The number of hydrogen-bond donors (Lipinski definition) is 2. The van der Waals surface area contributed by atoms with E-state index in [4.69, 9.17) is 5.41 Å².